The number of nitrogen functional groups attached to an aromatic ring is 1. The van der Waals surface area contributed by atoms with E-state index >= 15 is 0 Å². The summed E-state index contributed by atoms with van der Waals surface area (Å²) in [5.41, 5.74) is 9.64. The van der Waals surface area contributed by atoms with Crippen LogP contribution < -0.4 is 11.2 Å². The molecule has 1 aromatic carbocycles. The first-order valence-electron chi connectivity index (χ1n) is 8.73. The van der Waals surface area contributed by atoms with Crippen molar-refractivity contribution >= 4 is 40.5 Å². The Morgan fingerprint density at radius 2 is 2.10 bits per heavy atom. The van der Waals surface area contributed by atoms with Crippen LogP contribution in [0.2, 0.25) is 0 Å². The number of hydrogen-bond acceptors (Lipinski definition) is 10. The number of nitrogens with zero attached hydrogens (tertiary/aromatic N) is 6. The molecule has 0 atom stereocenters. The quantitative estimate of drug-likeness (QED) is 0.254. The maximum absolute atomic E-state index is 12.8. The average molecular weight is 441 g/mol. The summed E-state index contributed by atoms with van der Waals surface area (Å²) in [6.07, 6.45) is 0. The maximum Gasteiger partial charge on any atom is 0.293 e. The van der Waals surface area contributed by atoms with Crippen LogP contribution in [-0.2, 0) is 5.75 Å². The molecule has 3 aromatic heterocycles. The number of nitrogens with one attached hydrogen (secondary N) is 1. The van der Waals surface area contributed by atoms with Crippen molar-refractivity contribution in [3.05, 3.63) is 64.1 Å². The normalized spacial score (nSPS) is 11.6. The minimum atomic E-state index is -0.490. The van der Waals surface area contributed by atoms with Gasteiger partial charge in [0.1, 0.15) is 0 Å². The Labute approximate surface area is 179 Å². The fourth-order valence-electron chi connectivity index (χ4n) is 2.51. The first-order valence-corrected chi connectivity index (χ1v) is 10.6. The van der Waals surface area contributed by atoms with Gasteiger partial charge in [-0.05, 0) is 40.8 Å². The van der Waals surface area contributed by atoms with Gasteiger partial charge in [0.15, 0.2) is 5.69 Å². The van der Waals surface area contributed by atoms with E-state index in [-0.39, 0.29) is 17.3 Å². The third-order valence-electron chi connectivity index (χ3n) is 4.00. The standard InChI is InChI=1S/C18H16N8O2S2/c1-11(14-8-5-9-29-14)20-22-18(27)15-13(10-30-12-6-3-2-4-7-12)26(25-21-15)17-16(19)23-28-24-17/h2-9H,10H2,1H3,(H2,19,23)(H,22,27). The van der Waals surface area contributed by atoms with Crippen LogP contribution in [0.25, 0.3) is 5.82 Å². The van der Waals surface area contributed by atoms with Gasteiger partial charge in [0.2, 0.25) is 11.6 Å². The van der Waals surface area contributed by atoms with E-state index in [1.54, 1.807) is 0 Å². The number of rotatable bonds is 7. The number of nitrogens with two attached hydrogens (primary N) is 1. The molecule has 0 radical (unpaired) electrons. The van der Waals surface area contributed by atoms with Crippen LogP contribution in [0.4, 0.5) is 5.82 Å². The van der Waals surface area contributed by atoms with Gasteiger partial charge in [0.05, 0.1) is 11.4 Å². The van der Waals surface area contributed by atoms with Crippen LogP contribution in [-0.4, -0.2) is 36.9 Å². The Balaban J connectivity index is 1.61. The molecule has 0 fully saturated rings. The van der Waals surface area contributed by atoms with Crippen molar-refractivity contribution in [3.8, 4) is 5.82 Å². The summed E-state index contributed by atoms with van der Waals surface area (Å²) in [6, 6.07) is 13.6. The van der Waals surface area contributed by atoms with Crippen molar-refractivity contribution in [3.63, 3.8) is 0 Å². The third-order valence-corrected chi connectivity index (χ3v) is 6.00. The van der Waals surface area contributed by atoms with E-state index in [4.69, 9.17) is 5.73 Å². The van der Waals surface area contributed by atoms with Gasteiger partial charge in [-0.1, -0.05) is 29.5 Å². The van der Waals surface area contributed by atoms with E-state index in [9.17, 15) is 4.79 Å². The summed E-state index contributed by atoms with van der Waals surface area (Å²) in [4.78, 5) is 14.8. The first kappa shape index (κ1) is 19.8. The molecule has 0 unspecified atom stereocenters. The highest BCUT2D eigenvalue weighted by Crippen LogP contribution is 2.25. The number of carbonyl (C=O) groups excluding carboxylic acids is 1. The van der Waals surface area contributed by atoms with Crippen molar-refractivity contribution in [2.75, 3.05) is 5.73 Å². The lowest BCUT2D eigenvalue weighted by Gasteiger charge is -2.06. The van der Waals surface area contributed by atoms with Gasteiger partial charge in [-0.3, -0.25) is 4.79 Å². The number of thiophene rings is 1. The predicted octanol–water partition coefficient (Wildman–Crippen LogP) is 2.74. The lowest BCUT2D eigenvalue weighted by molar-refractivity contribution is 0.0949. The Morgan fingerprint density at radius 3 is 2.80 bits per heavy atom. The second-order valence-electron chi connectivity index (χ2n) is 5.99. The molecule has 4 aromatic rings. The number of hydrogen-bond donors (Lipinski definition) is 2. The van der Waals surface area contributed by atoms with E-state index in [1.165, 1.54) is 27.8 Å². The minimum Gasteiger partial charge on any atom is -0.378 e. The van der Waals surface area contributed by atoms with Gasteiger partial charge in [-0.25, -0.2) is 10.1 Å². The Bertz CT molecular complexity index is 1170. The molecule has 4 rings (SSSR count). The first-order chi connectivity index (χ1) is 14.6. The number of anilines is 1. The third kappa shape index (κ3) is 4.23. The number of aromatic nitrogens is 5. The molecule has 152 valence electrons. The highest BCUT2D eigenvalue weighted by Gasteiger charge is 2.24. The molecular formula is C18H16N8O2S2. The molecule has 0 spiro atoms. The summed E-state index contributed by atoms with van der Waals surface area (Å²) in [5, 5.41) is 21.5. The molecule has 0 bridgehead atoms. The van der Waals surface area contributed by atoms with E-state index in [1.807, 2.05) is 54.8 Å². The molecular weight excluding hydrogens is 424 g/mol. The zero-order valence-electron chi connectivity index (χ0n) is 15.7. The van der Waals surface area contributed by atoms with Gasteiger partial charge >= 0.3 is 0 Å². The highest BCUT2D eigenvalue weighted by molar-refractivity contribution is 7.98. The zero-order chi connectivity index (χ0) is 20.9. The number of hydrazone groups is 1. The molecule has 30 heavy (non-hydrogen) atoms. The fraction of sp³-hybridized carbons (Fsp3) is 0.111. The second kappa shape index (κ2) is 8.88. The molecule has 10 nitrogen and oxygen atoms in total. The SMILES string of the molecule is CC(=NNC(=O)c1nnn(-c2nonc2N)c1CSc1ccccc1)c1cccs1. The molecule has 0 aliphatic carbocycles. The molecule has 0 aliphatic heterocycles. The van der Waals surface area contributed by atoms with Crippen molar-refractivity contribution < 1.29 is 9.42 Å². The lowest BCUT2D eigenvalue weighted by atomic mass is 10.3. The molecule has 0 saturated carbocycles. The van der Waals surface area contributed by atoms with Gasteiger partial charge in [0, 0.05) is 15.5 Å². The molecule has 3 heterocycles. The summed E-state index contributed by atoms with van der Waals surface area (Å²) >= 11 is 3.05. The number of thioether (sulfide) groups is 1. The van der Waals surface area contributed by atoms with Gasteiger partial charge in [-0.15, -0.1) is 28.2 Å². The Hall–Kier alpha value is -3.51. The van der Waals surface area contributed by atoms with Gasteiger partial charge in [-0.2, -0.15) is 9.78 Å². The largest absolute Gasteiger partial charge is 0.378 e. The topological polar surface area (TPSA) is 137 Å². The van der Waals surface area contributed by atoms with E-state index < -0.39 is 5.91 Å². The van der Waals surface area contributed by atoms with Gasteiger partial charge in [0.25, 0.3) is 5.91 Å². The van der Waals surface area contributed by atoms with Crippen LogP contribution >= 0.6 is 23.1 Å². The summed E-state index contributed by atoms with van der Waals surface area (Å²) in [6.45, 7) is 1.82. The van der Waals surface area contributed by atoms with E-state index in [0.29, 0.717) is 17.2 Å². The molecule has 0 saturated heterocycles. The average Bonchev–Trinajstić information content (AvgIpc) is 3.51. The number of amides is 1. The van der Waals surface area contributed by atoms with Gasteiger partial charge < -0.3 is 5.73 Å². The van der Waals surface area contributed by atoms with Crippen molar-refractivity contribution in [2.45, 2.75) is 17.6 Å². The zero-order valence-corrected chi connectivity index (χ0v) is 17.4. The molecule has 1 amide bonds. The minimum absolute atomic E-state index is 0.0457. The van der Waals surface area contributed by atoms with Crippen LogP contribution in [0.15, 0.2) is 62.5 Å². The summed E-state index contributed by atoms with van der Waals surface area (Å²) in [7, 11) is 0. The maximum atomic E-state index is 12.8. The van der Waals surface area contributed by atoms with Crippen LogP contribution in [0.3, 0.4) is 0 Å². The Morgan fingerprint density at radius 1 is 1.27 bits per heavy atom. The Kier molecular flexibility index (Phi) is 5.86. The van der Waals surface area contributed by atoms with E-state index in [2.05, 4.69) is 35.8 Å². The summed E-state index contributed by atoms with van der Waals surface area (Å²) in [5.74, 6) is 0.114. The number of carbonyl (C=O) groups is 1. The molecule has 0 aliphatic rings. The highest BCUT2D eigenvalue weighted by atomic mass is 32.2. The lowest BCUT2D eigenvalue weighted by Crippen LogP contribution is -2.21. The van der Waals surface area contributed by atoms with Crippen molar-refractivity contribution in [2.24, 2.45) is 5.10 Å². The van der Waals surface area contributed by atoms with Crippen LogP contribution in [0.1, 0.15) is 28.0 Å². The number of benzene rings is 1. The smallest absolute Gasteiger partial charge is 0.293 e. The monoisotopic (exact) mass is 440 g/mol. The molecule has 3 N–H and O–H groups in total. The second-order valence-corrected chi connectivity index (χ2v) is 7.98. The van der Waals surface area contributed by atoms with E-state index in [0.717, 1.165) is 9.77 Å². The predicted molar refractivity (Wildman–Crippen MR) is 114 cm³/mol. The van der Waals surface area contributed by atoms with Crippen molar-refractivity contribution in [1.29, 1.82) is 0 Å². The van der Waals surface area contributed by atoms with Crippen molar-refractivity contribution in [1.82, 2.24) is 30.7 Å². The fourth-order valence-corrected chi connectivity index (χ4v) is 4.10. The van der Waals surface area contributed by atoms with Crippen LogP contribution in [0.5, 0.6) is 0 Å². The van der Waals surface area contributed by atoms with Crippen LogP contribution in [0, 0.1) is 0 Å². The summed E-state index contributed by atoms with van der Waals surface area (Å²) < 4.78 is 6.02. The molecule has 12 heteroatoms.